The molecule has 1 amide bonds. The van der Waals surface area contributed by atoms with Gasteiger partial charge in [-0.1, -0.05) is 67.6 Å². The maximum absolute atomic E-state index is 13.0. The summed E-state index contributed by atoms with van der Waals surface area (Å²) >= 11 is 1.59. The third kappa shape index (κ3) is 3.37. The molecular weight excluding hydrogens is 356 g/mol. The van der Waals surface area contributed by atoms with E-state index in [0.29, 0.717) is 10.9 Å². The second-order valence-corrected chi connectivity index (χ2v) is 7.71. The Morgan fingerprint density at radius 3 is 2.74 bits per heavy atom. The van der Waals surface area contributed by atoms with Gasteiger partial charge in [0.25, 0.3) is 5.91 Å². The fourth-order valence-corrected chi connectivity index (χ4v) is 4.22. The van der Waals surface area contributed by atoms with Crippen LogP contribution in [-0.4, -0.2) is 21.8 Å². The molecule has 0 spiro atoms. The normalized spacial score (nSPS) is 18.2. The molecule has 0 fully saturated rings. The van der Waals surface area contributed by atoms with E-state index in [1.54, 1.807) is 16.8 Å². The summed E-state index contributed by atoms with van der Waals surface area (Å²) in [6.45, 7) is 4.22. The lowest BCUT2D eigenvalue weighted by Gasteiger charge is -2.34. The lowest BCUT2D eigenvalue weighted by Crippen LogP contribution is -2.50. The smallest absolute Gasteiger partial charge is 0.276 e. The summed E-state index contributed by atoms with van der Waals surface area (Å²) in [6.07, 6.45) is 1.86. The first-order valence-electron chi connectivity index (χ1n) is 9.23. The third-order valence-electron chi connectivity index (χ3n) is 4.72. The van der Waals surface area contributed by atoms with E-state index in [0.717, 1.165) is 40.3 Å². The van der Waals surface area contributed by atoms with Crippen molar-refractivity contribution >= 4 is 28.5 Å². The zero-order chi connectivity index (χ0) is 18.8. The maximum atomic E-state index is 13.0. The van der Waals surface area contributed by atoms with E-state index in [1.165, 1.54) is 0 Å². The van der Waals surface area contributed by atoms with Gasteiger partial charge < -0.3 is 0 Å². The van der Waals surface area contributed by atoms with Gasteiger partial charge in [0.15, 0.2) is 11.3 Å². The molecule has 6 heteroatoms. The Morgan fingerprint density at radius 2 is 1.93 bits per heavy atom. The fourth-order valence-electron chi connectivity index (χ4n) is 3.28. The van der Waals surface area contributed by atoms with Gasteiger partial charge in [-0.25, -0.2) is 5.01 Å². The zero-order valence-electron chi connectivity index (χ0n) is 15.5. The molecule has 2 aliphatic heterocycles. The quantitative estimate of drug-likeness (QED) is 0.832. The number of hydrogen-bond donors (Lipinski definition) is 1. The topological polar surface area (TPSA) is 57.1 Å². The molecular formula is C21H22N4OS. The van der Waals surface area contributed by atoms with E-state index in [9.17, 15) is 4.79 Å². The number of carbonyl (C=O) groups excluding carboxylic acids is 1. The number of hydrazone groups is 1. The predicted octanol–water partition coefficient (Wildman–Crippen LogP) is 2.67. The van der Waals surface area contributed by atoms with Gasteiger partial charge in [-0.2, -0.15) is 0 Å². The Bertz CT molecular complexity index is 1030. The molecule has 0 aromatic heterocycles. The number of nitrogens with zero attached hydrogens (tertiary/aromatic N) is 3. The van der Waals surface area contributed by atoms with Crippen LogP contribution in [0.2, 0.25) is 0 Å². The van der Waals surface area contributed by atoms with Crippen molar-refractivity contribution in [3.05, 3.63) is 70.2 Å². The summed E-state index contributed by atoms with van der Waals surface area (Å²) in [4.78, 5) is 17.9. The standard InChI is InChI=1S/C21H22N4OS/c1-3-4-13-27-21-23-20(26)18-16-11-7-8-12-17(16)22-19(25(18)24-21)15-10-6-5-9-14(15)2/h5-12,19H,3-4,13H2,1-2H3,(H,23,24,26). The van der Waals surface area contributed by atoms with E-state index in [2.05, 4.69) is 31.3 Å². The highest BCUT2D eigenvalue weighted by atomic mass is 32.2. The number of amides is 1. The average molecular weight is 379 g/mol. The third-order valence-corrected chi connectivity index (χ3v) is 5.67. The van der Waals surface area contributed by atoms with Gasteiger partial charge in [-0.05, 0) is 25.0 Å². The number of amidine groups is 1. The van der Waals surface area contributed by atoms with Gasteiger partial charge in [0.05, 0.1) is 5.36 Å². The Morgan fingerprint density at radius 1 is 1.15 bits per heavy atom. The van der Waals surface area contributed by atoms with E-state index in [1.807, 2.05) is 36.4 Å². The predicted molar refractivity (Wildman–Crippen MR) is 109 cm³/mol. The SMILES string of the molecule is CCCCSC1=NN2C(=c3ccccc3=NC2c2ccccc2C)C(=O)N1. The van der Waals surface area contributed by atoms with Crippen molar-refractivity contribution < 1.29 is 4.79 Å². The molecule has 4 rings (SSSR count). The number of aryl methyl sites for hydroxylation is 1. The molecule has 2 aromatic rings. The number of fused-ring (bicyclic) bond motifs is 2. The molecule has 0 bridgehead atoms. The molecule has 27 heavy (non-hydrogen) atoms. The summed E-state index contributed by atoms with van der Waals surface area (Å²) in [5.74, 6) is 0.812. The van der Waals surface area contributed by atoms with Crippen LogP contribution in [0.3, 0.4) is 0 Å². The number of unbranched alkanes of at least 4 members (excludes halogenated alkanes) is 1. The van der Waals surface area contributed by atoms with Gasteiger partial charge >= 0.3 is 0 Å². The Kier molecular flexibility index (Phi) is 4.99. The summed E-state index contributed by atoms with van der Waals surface area (Å²) in [5, 5.41) is 11.8. The number of benzene rings is 2. The molecule has 0 saturated heterocycles. The fraction of sp³-hybridized carbons (Fsp3) is 0.286. The zero-order valence-corrected chi connectivity index (χ0v) is 16.3. The Hall–Kier alpha value is -2.60. The number of carbonyl (C=O) groups is 1. The average Bonchev–Trinajstić information content (AvgIpc) is 2.68. The highest BCUT2D eigenvalue weighted by molar-refractivity contribution is 8.13. The van der Waals surface area contributed by atoms with Crippen LogP contribution in [0.15, 0.2) is 58.6 Å². The number of hydrogen-bond acceptors (Lipinski definition) is 5. The van der Waals surface area contributed by atoms with Gasteiger partial charge in [-0.3, -0.25) is 15.1 Å². The van der Waals surface area contributed by atoms with Gasteiger partial charge in [0, 0.05) is 16.5 Å². The van der Waals surface area contributed by atoms with Crippen LogP contribution in [0.1, 0.15) is 37.1 Å². The lowest BCUT2D eigenvalue weighted by molar-refractivity contribution is -0.116. The molecule has 138 valence electrons. The van der Waals surface area contributed by atoms with Crippen molar-refractivity contribution in [1.82, 2.24) is 10.3 Å². The van der Waals surface area contributed by atoms with Crippen LogP contribution in [0.25, 0.3) is 5.70 Å². The molecule has 0 radical (unpaired) electrons. The highest BCUT2D eigenvalue weighted by Crippen LogP contribution is 2.32. The van der Waals surface area contributed by atoms with E-state index >= 15 is 0 Å². The van der Waals surface area contributed by atoms with Crippen LogP contribution in [0.4, 0.5) is 0 Å². The first kappa shape index (κ1) is 17.8. The van der Waals surface area contributed by atoms with Crippen molar-refractivity contribution in [3.8, 4) is 0 Å². The van der Waals surface area contributed by atoms with Gasteiger partial charge in [0.1, 0.15) is 5.70 Å². The first-order chi connectivity index (χ1) is 13.2. The van der Waals surface area contributed by atoms with Gasteiger partial charge in [0.2, 0.25) is 0 Å². The van der Waals surface area contributed by atoms with Crippen molar-refractivity contribution in [3.63, 3.8) is 0 Å². The second kappa shape index (κ2) is 7.56. The summed E-state index contributed by atoms with van der Waals surface area (Å²) in [6, 6.07) is 15.9. The lowest BCUT2D eigenvalue weighted by atomic mass is 10.0. The van der Waals surface area contributed by atoms with E-state index in [-0.39, 0.29) is 12.1 Å². The van der Waals surface area contributed by atoms with E-state index < -0.39 is 0 Å². The molecule has 2 aromatic carbocycles. The molecule has 1 unspecified atom stereocenters. The molecule has 0 saturated carbocycles. The van der Waals surface area contributed by atoms with Crippen LogP contribution >= 0.6 is 11.8 Å². The Balaban J connectivity index is 1.86. The highest BCUT2D eigenvalue weighted by Gasteiger charge is 2.34. The minimum absolute atomic E-state index is 0.120. The monoisotopic (exact) mass is 378 g/mol. The molecule has 1 atom stereocenters. The Labute approximate surface area is 162 Å². The second-order valence-electron chi connectivity index (χ2n) is 6.63. The number of rotatable bonds is 4. The van der Waals surface area contributed by atoms with Crippen molar-refractivity contribution in [2.24, 2.45) is 10.1 Å². The van der Waals surface area contributed by atoms with Crippen molar-refractivity contribution in [2.45, 2.75) is 32.9 Å². The molecule has 1 N–H and O–H groups in total. The summed E-state index contributed by atoms with van der Waals surface area (Å²) < 4.78 is 0. The minimum Gasteiger partial charge on any atom is -0.298 e. The molecule has 2 heterocycles. The van der Waals surface area contributed by atoms with E-state index in [4.69, 9.17) is 10.1 Å². The van der Waals surface area contributed by atoms with Crippen molar-refractivity contribution in [2.75, 3.05) is 5.75 Å². The number of para-hydroxylation sites is 1. The maximum Gasteiger partial charge on any atom is 0.276 e. The largest absolute Gasteiger partial charge is 0.298 e. The van der Waals surface area contributed by atoms with Gasteiger partial charge in [-0.15, -0.1) is 5.10 Å². The van der Waals surface area contributed by atoms with Crippen LogP contribution in [-0.2, 0) is 4.79 Å². The molecule has 5 nitrogen and oxygen atoms in total. The summed E-state index contributed by atoms with van der Waals surface area (Å²) in [5.41, 5.74) is 2.75. The summed E-state index contributed by atoms with van der Waals surface area (Å²) in [7, 11) is 0. The van der Waals surface area contributed by atoms with Crippen LogP contribution < -0.4 is 15.9 Å². The minimum atomic E-state index is -0.344. The molecule has 2 aliphatic rings. The number of thioether (sulfide) groups is 1. The van der Waals surface area contributed by atoms with Crippen LogP contribution in [0.5, 0.6) is 0 Å². The van der Waals surface area contributed by atoms with Crippen LogP contribution in [0, 0.1) is 6.92 Å². The van der Waals surface area contributed by atoms with Crippen molar-refractivity contribution in [1.29, 1.82) is 0 Å². The number of nitrogens with one attached hydrogen (secondary N) is 1. The first-order valence-corrected chi connectivity index (χ1v) is 10.2. The molecule has 0 aliphatic carbocycles.